The van der Waals surface area contributed by atoms with Gasteiger partial charge in [-0.05, 0) is 122 Å². The highest BCUT2D eigenvalue weighted by Gasteiger charge is 2.27. The Labute approximate surface area is 688 Å². The Balaban J connectivity index is 0.000000169. The molecule has 624 valence electrons. The van der Waals surface area contributed by atoms with E-state index in [1.54, 1.807) is 101 Å². The van der Waals surface area contributed by atoms with E-state index in [9.17, 15) is 41.4 Å². The number of benzene rings is 5. The van der Waals surface area contributed by atoms with E-state index in [-0.39, 0.29) is 39.6 Å². The number of halogens is 1. The second kappa shape index (κ2) is 37.7. The van der Waals surface area contributed by atoms with Crippen LogP contribution < -0.4 is 59.3 Å². The highest BCUT2D eigenvalue weighted by atomic mass is 35.5. The number of ether oxygens (including phenoxy) is 5. The van der Waals surface area contributed by atoms with E-state index in [2.05, 4.69) is 80.7 Å². The third-order valence-corrected chi connectivity index (χ3v) is 21.1. The number of fused-ring (bicyclic) bond motifs is 3. The fourth-order valence-corrected chi connectivity index (χ4v) is 14.7. The predicted molar refractivity (Wildman–Crippen MR) is 463 cm³/mol. The van der Waals surface area contributed by atoms with Crippen LogP contribution in [0.25, 0.3) is 32.7 Å². The maximum absolute atomic E-state index is 13.8. The fraction of sp³-hybridized carbons (Fsp3) is 0.357. The molecule has 6 aromatic heterocycles. The number of carboxylic acid groups (broad SMARTS) is 2. The third kappa shape index (κ3) is 23.0. The summed E-state index contributed by atoms with van der Waals surface area (Å²) in [5.74, 6) is 3.67. The molecule has 3 saturated heterocycles. The molecule has 0 aliphatic carbocycles. The number of amides is 1. The second-order valence-electron chi connectivity index (χ2n) is 30.9. The molecule has 0 atom stereocenters. The Morgan fingerprint density at radius 3 is 1.20 bits per heavy atom. The number of sulfonamides is 2. The van der Waals surface area contributed by atoms with E-state index in [0.717, 1.165) is 128 Å². The van der Waals surface area contributed by atoms with E-state index in [4.69, 9.17) is 41.0 Å². The number of carbonyl (C=O) groups is 3. The lowest BCUT2D eigenvalue weighted by molar-refractivity contribution is 0.0676. The summed E-state index contributed by atoms with van der Waals surface area (Å²) in [4.78, 5) is 60.8. The van der Waals surface area contributed by atoms with Gasteiger partial charge in [-0.2, -0.15) is 0 Å². The smallest absolute Gasteiger partial charge is 0.352 e. The standard InChI is InChI=1S/C32H40N6O5S.C20H22N4O3.C15H11ClN2O3.C12H20N2O3S.C5H12N2/c1-32(2,3)22-18-24(30(42-6)25(19-22)35-44(7,40)41)34-31(39)26-17-21-9-8-10-27(29(21)37(26)5)43-23-11-12-33-28(20-23)38-15-13-36(4)14-16-38;1-22-8-10-24(11-9-22)18-13-15(6-7-21-18)27-17-5-3-4-14-12-16(20(25)26)23(2)19(14)17;1-18-11(15(19)20)7-9-3-2-4-12(14(9)18)21-10-5-6-17-13(16)8-10;1-12(2,3)8-6-9(13)11(17-4)10(7-8)14-18(5,15)16;1-7-4-2-6-3-5-7/h8-12,17-20,35H,13-16H2,1-7H3,(H,34,39);3-7,12-13H,8-11H2,1-2H3,(H,25,26);2-8H,1H3,(H,19,20);6-7,14H,13H2,1-5H3;6H,2-5H2,1H3. The molecule has 30 nitrogen and oxygen atoms in total. The summed E-state index contributed by atoms with van der Waals surface area (Å²) in [7, 11) is 7.54. The number of aromatic carboxylic acids is 2. The number of piperazine rings is 3. The number of carbonyl (C=O) groups excluding carboxylic acids is 1. The van der Waals surface area contributed by atoms with Crippen LogP contribution in [-0.2, 0) is 52.0 Å². The molecule has 1 amide bonds. The second-order valence-corrected chi connectivity index (χ2v) is 34.7. The van der Waals surface area contributed by atoms with Crippen LogP contribution in [0.4, 0.5) is 34.4 Å². The monoisotopic (exact) mass is 1660 g/mol. The lowest BCUT2D eigenvalue weighted by atomic mass is 9.86. The Morgan fingerprint density at radius 2 is 0.829 bits per heavy atom. The van der Waals surface area contributed by atoms with Gasteiger partial charge in [0.25, 0.3) is 5.91 Å². The normalized spacial score (nSPS) is 14.3. The maximum Gasteiger partial charge on any atom is 0.352 e. The van der Waals surface area contributed by atoms with Crippen LogP contribution in [0.3, 0.4) is 0 Å². The minimum absolute atomic E-state index is 0.131. The van der Waals surface area contributed by atoms with Gasteiger partial charge in [0.1, 0.15) is 51.1 Å². The molecule has 11 aromatic rings. The van der Waals surface area contributed by atoms with Gasteiger partial charge in [-0.1, -0.05) is 89.5 Å². The molecule has 33 heteroatoms. The SMILES string of the molecule is CN1CCN(c2cc(Oc3cccc4cc(C(=O)O)n(C)c34)ccn2)CC1.CN1CCNCC1.COc1c(N)cc(C(C)(C)C)cc1NS(C)(=O)=O.COc1c(NC(=O)c2cc3cccc(Oc4ccnc(N5CCN(C)CC5)c4)c3n2C)cc(C(C)(C)C)cc1NS(C)(=O)=O.Cn1c(C(=O)O)cc2cccc(Oc3ccnc(Cl)c3)c21. The van der Waals surface area contributed by atoms with E-state index < -0.39 is 32.0 Å². The van der Waals surface area contributed by atoms with Crippen LogP contribution in [0.2, 0.25) is 5.15 Å². The van der Waals surface area contributed by atoms with Gasteiger partial charge in [-0.25, -0.2) is 41.4 Å². The van der Waals surface area contributed by atoms with Crippen molar-refractivity contribution in [3.05, 3.63) is 185 Å². The predicted octanol–water partition coefficient (Wildman–Crippen LogP) is 13.0. The summed E-state index contributed by atoms with van der Waals surface area (Å²) in [5, 5.41) is 27.6. The minimum Gasteiger partial charge on any atom is -0.492 e. The number of rotatable bonds is 18. The number of hydrogen-bond acceptors (Lipinski definition) is 22. The van der Waals surface area contributed by atoms with Crippen molar-refractivity contribution in [1.82, 2.24) is 48.7 Å². The van der Waals surface area contributed by atoms with Gasteiger partial charge in [0.05, 0.1) is 66.0 Å². The van der Waals surface area contributed by atoms with E-state index in [1.807, 2.05) is 127 Å². The van der Waals surface area contributed by atoms with Crippen LogP contribution in [0.1, 0.15) is 84.1 Å². The first kappa shape index (κ1) is 88.0. The van der Waals surface area contributed by atoms with Gasteiger partial charge in [0, 0.05) is 153 Å². The van der Waals surface area contributed by atoms with Crippen molar-refractivity contribution in [2.45, 2.75) is 52.4 Å². The van der Waals surface area contributed by atoms with Crippen LogP contribution in [0.15, 0.2) is 152 Å². The zero-order valence-corrected chi connectivity index (χ0v) is 71.3. The number of likely N-dealkylation sites (N-methyl/N-ethyl adjacent to an activating group) is 3. The number of nitrogens with two attached hydrogens (primary N) is 1. The van der Waals surface area contributed by atoms with Crippen LogP contribution in [-0.4, -0.2) is 215 Å². The summed E-state index contributed by atoms with van der Waals surface area (Å²) < 4.78 is 85.9. The van der Waals surface area contributed by atoms with E-state index >= 15 is 0 Å². The van der Waals surface area contributed by atoms with Gasteiger partial charge >= 0.3 is 11.9 Å². The summed E-state index contributed by atoms with van der Waals surface area (Å²) in [5.41, 5.74) is 11.6. The zero-order valence-electron chi connectivity index (χ0n) is 68.9. The molecule has 8 N–H and O–H groups in total. The molecule has 0 saturated carbocycles. The molecular weight excluding hydrogens is 1560 g/mol. The molecular formula is C84H105ClN16O14S2. The van der Waals surface area contributed by atoms with Gasteiger partial charge in [-0.3, -0.25) is 14.2 Å². The zero-order chi connectivity index (χ0) is 85.0. The van der Waals surface area contributed by atoms with Gasteiger partial charge in [-0.15, -0.1) is 0 Å². The number of methoxy groups -OCH3 is 2. The number of aromatic nitrogens is 6. The van der Waals surface area contributed by atoms with Crippen molar-refractivity contribution >= 4 is 117 Å². The number of aryl methyl sites for hydroxylation is 3. The quantitative estimate of drug-likeness (QED) is 0.0310. The Bertz CT molecular complexity index is 5630. The lowest BCUT2D eigenvalue weighted by Crippen LogP contribution is -2.44. The Kier molecular flexibility index (Phi) is 28.3. The average Bonchev–Trinajstić information content (AvgIpc) is 1.66. The number of para-hydroxylation sites is 3. The maximum atomic E-state index is 13.8. The molecule has 5 aromatic carbocycles. The van der Waals surface area contributed by atoms with Crippen LogP contribution in [0.5, 0.6) is 46.0 Å². The minimum atomic E-state index is -3.60. The van der Waals surface area contributed by atoms with Gasteiger partial charge in [0.15, 0.2) is 28.7 Å². The number of hydrogen-bond donors (Lipinski definition) is 7. The van der Waals surface area contributed by atoms with Crippen molar-refractivity contribution in [2.75, 3.05) is 157 Å². The van der Waals surface area contributed by atoms with Crippen molar-refractivity contribution in [3.8, 4) is 46.0 Å². The molecule has 9 heterocycles. The lowest BCUT2D eigenvalue weighted by Gasteiger charge is -2.33. The summed E-state index contributed by atoms with van der Waals surface area (Å²) >= 11 is 5.83. The Hall–Kier alpha value is -11.4. The molecule has 0 bridgehead atoms. The van der Waals surface area contributed by atoms with Crippen LogP contribution in [0, 0.1) is 0 Å². The first-order valence-electron chi connectivity index (χ1n) is 37.8. The molecule has 0 radical (unpaired) electrons. The Morgan fingerprint density at radius 1 is 0.470 bits per heavy atom. The van der Waals surface area contributed by atoms with Crippen molar-refractivity contribution in [3.63, 3.8) is 0 Å². The van der Waals surface area contributed by atoms with Gasteiger partial charge in [0.2, 0.25) is 20.0 Å². The molecule has 3 aliphatic heterocycles. The first-order chi connectivity index (χ1) is 55.2. The molecule has 0 spiro atoms. The van der Waals surface area contributed by atoms with Crippen molar-refractivity contribution in [1.29, 1.82) is 0 Å². The topological polar surface area (TPSA) is 350 Å². The largest absolute Gasteiger partial charge is 0.492 e. The molecule has 3 fully saturated rings. The summed E-state index contributed by atoms with van der Waals surface area (Å²) in [6, 6.07) is 39.7. The molecule has 117 heavy (non-hydrogen) atoms. The third-order valence-electron chi connectivity index (χ3n) is 19.7. The van der Waals surface area contributed by atoms with Crippen molar-refractivity contribution < 1.29 is 65.1 Å². The summed E-state index contributed by atoms with van der Waals surface area (Å²) in [6.07, 6.45) is 7.20. The summed E-state index contributed by atoms with van der Waals surface area (Å²) in [6.45, 7) is 24.5. The molecule has 3 aliphatic rings. The number of nitrogen functional groups attached to an aromatic ring is 1. The highest BCUT2D eigenvalue weighted by molar-refractivity contribution is 7.92. The number of carboxylic acids is 2. The number of pyridine rings is 3. The molecule has 0 unspecified atom stereocenters. The average molecular weight is 1660 g/mol. The number of nitrogens with one attached hydrogen (secondary N) is 4. The van der Waals surface area contributed by atoms with E-state index in [1.165, 1.54) is 27.3 Å². The van der Waals surface area contributed by atoms with Crippen LogP contribution >= 0.6 is 11.6 Å². The van der Waals surface area contributed by atoms with E-state index in [0.29, 0.717) is 73.7 Å². The first-order valence-corrected chi connectivity index (χ1v) is 41.9. The van der Waals surface area contributed by atoms with Crippen molar-refractivity contribution in [2.24, 2.45) is 21.1 Å². The number of anilines is 6. The highest BCUT2D eigenvalue weighted by Crippen LogP contribution is 2.42. The number of nitrogens with zero attached hydrogens (tertiary/aromatic N) is 11. The van der Waals surface area contributed by atoms with Gasteiger partial charge < -0.3 is 88.5 Å². The fourth-order valence-electron chi connectivity index (χ4n) is 13.4. The molecule has 14 rings (SSSR count).